The number of rotatable bonds is 10. The van der Waals surface area contributed by atoms with Crippen LogP contribution in [-0.2, 0) is 35.5 Å². The Kier molecular flexibility index (Phi) is 8.98. The molecule has 2 heterocycles. The monoisotopic (exact) mass is 532 g/mol. The number of nitrogens with zero attached hydrogens (tertiary/aromatic N) is 3. The summed E-state index contributed by atoms with van der Waals surface area (Å²) in [4.78, 5) is 26.7. The number of fused-ring (bicyclic) bond motifs is 1. The summed E-state index contributed by atoms with van der Waals surface area (Å²) in [7, 11) is 0. The molecule has 1 aliphatic rings. The highest BCUT2D eigenvalue weighted by molar-refractivity contribution is 7.99. The van der Waals surface area contributed by atoms with Crippen LogP contribution in [0.3, 0.4) is 0 Å². The van der Waals surface area contributed by atoms with E-state index < -0.39 is 0 Å². The molecular formula is C25H29FN4O4S2. The molecule has 0 radical (unpaired) electrons. The molecule has 1 N–H and O–H groups in total. The lowest BCUT2D eigenvalue weighted by Gasteiger charge is -2.10. The highest BCUT2D eigenvalue weighted by atomic mass is 32.2. The number of thioether (sulfide) groups is 1. The van der Waals surface area contributed by atoms with E-state index in [1.807, 2.05) is 11.5 Å². The second-order valence-electron chi connectivity index (χ2n) is 8.21. The Labute approximate surface area is 217 Å². The fraction of sp³-hybridized carbons (Fsp3) is 0.440. The molecule has 1 aromatic carbocycles. The second-order valence-corrected chi connectivity index (χ2v) is 10.3. The predicted octanol–water partition coefficient (Wildman–Crippen LogP) is 5.25. The number of anilines is 1. The van der Waals surface area contributed by atoms with Gasteiger partial charge in [-0.3, -0.25) is 4.79 Å². The van der Waals surface area contributed by atoms with Gasteiger partial charge in [0.25, 0.3) is 0 Å². The number of esters is 1. The molecule has 0 spiro atoms. The first-order valence-electron chi connectivity index (χ1n) is 12.0. The van der Waals surface area contributed by atoms with Crippen molar-refractivity contribution < 1.29 is 23.5 Å². The third-order valence-corrected chi connectivity index (χ3v) is 7.95. The van der Waals surface area contributed by atoms with E-state index in [0.29, 0.717) is 33.8 Å². The molecule has 0 bridgehead atoms. The number of amides is 1. The Morgan fingerprint density at radius 1 is 1.14 bits per heavy atom. The molecule has 2 aromatic heterocycles. The first-order chi connectivity index (χ1) is 17.5. The van der Waals surface area contributed by atoms with Gasteiger partial charge in [-0.15, -0.1) is 21.5 Å². The van der Waals surface area contributed by atoms with Crippen molar-refractivity contribution in [1.82, 2.24) is 14.8 Å². The van der Waals surface area contributed by atoms with Crippen LogP contribution < -0.4 is 10.1 Å². The number of aryl methyl sites for hydroxylation is 1. The lowest BCUT2D eigenvalue weighted by molar-refractivity contribution is -0.113. The van der Waals surface area contributed by atoms with Gasteiger partial charge >= 0.3 is 5.97 Å². The molecule has 0 unspecified atom stereocenters. The van der Waals surface area contributed by atoms with Gasteiger partial charge in [0.15, 0.2) is 11.0 Å². The van der Waals surface area contributed by atoms with Crippen molar-refractivity contribution in [2.24, 2.45) is 0 Å². The standard InChI is InChI=1S/C25H29FN4O4S2/c1-3-30-20(14-34-17-12-10-16(26)11-13-17)28-29-25(30)35-15-21(31)27-23-22(24(32)33-4-2)18-8-6-5-7-9-19(18)36-23/h10-13H,3-9,14-15H2,1-2H3,(H,27,31). The van der Waals surface area contributed by atoms with Gasteiger partial charge in [-0.25, -0.2) is 9.18 Å². The van der Waals surface area contributed by atoms with Crippen LogP contribution in [-0.4, -0.2) is 39.0 Å². The predicted molar refractivity (Wildman–Crippen MR) is 137 cm³/mol. The van der Waals surface area contributed by atoms with Crippen LogP contribution in [0.4, 0.5) is 9.39 Å². The Bertz CT molecular complexity index is 1210. The van der Waals surface area contributed by atoms with Gasteiger partial charge < -0.3 is 19.4 Å². The fourth-order valence-corrected chi connectivity index (χ4v) is 6.19. The third-order valence-electron chi connectivity index (χ3n) is 5.78. The van der Waals surface area contributed by atoms with Gasteiger partial charge in [-0.05, 0) is 69.4 Å². The number of aromatic nitrogens is 3. The zero-order valence-corrected chi connectivity index (χ0v) is 22.0. The van der Waals surface area contributed by atoms with E-state index in [1.165, 1.54) is 35.2 Å². The number of hydrogen-bond acceptors (Lipinski definition) is 8. The molecular weight excluding hydrogens is 503 g/mol. The Hall–Kier alpha value is -2.92. The van der Waals surface area contributed by atoms with Crippen molar-refractivity contribution in [3.8, 4) is 5.75 Å². The minimum atomic E-state index is -0.378. The van der Waals surface area contributed by atoms with Crippen molar-refractivity contribution in [2.75, 3.05) is 17.7 Å². The van der Waals surface area contributed by atoms with Crippen LogP contribution in [0.15, 0.2) is 29.4 Å². The molecule has 0 aliphatic heterocycles. The quantitative estimate of drug-likeness (QED) is 0.216. The van der Waals surface area contributed by atoms with Gasteiger partial charge in [0.05, 0.1) is 17.9 Å². The SMILES string of the molecule is CCOC(=O)c1c(NC(=O)CSc2nnc(COc3ccc(F)cc3)n2CC)sc2c1CCCCC2. The van der Waals surface area contributed by atoms with Crippen molar-refractivity contribution in [2.45, 2.75) is 64.3 Å². The molecule has 192 valence electrons. The van der Waals surface area contributed by atoms with Crippen LogP contribution in [0.2, 0.25) is 0 Å². The van der Waals surface area contributed by atoms with Gasteiger partial charge in [-0.2, -0.15) is 0 Å². The maximum Gasteiger partial charge on any atom is 0.341 e. The molecule has 1 aliphatic carbocycles. The lowest BCUT2D eigenvalue weighted by Crippen LogP contribution is -2.17. The van der Waals surface area contributed by atoms with E-state index in [4.69, 9.17) is 9.47 Å². The molecule has 0 atom stereocenters. The zero-order chi connectivity index (χ0) is 25.5. The summed E-state index contributed by atoms with van der Waals surface area (Å²) >= 11 is 2.75. The summed E-state index contributed by atoms with van der Waals surface area (Å²) in [6.45, 7) is 4.79. The maximum absolute atomic E-state index is 13.1. The first kappa shape index (κ1) is 26.2. The second kappa shape index (κ2) is 12.4. The van der Waals surface area contributed by atoms with E-state index in [-0.39, 0.29) is 36.7 Å². The molecule has 4 rings (SSSR count). The third kappa shape index (κ3) is 6.25. The van der Waals surface area contributed by atoms with Gasteiger partial charge in [0.1, 0.15) is 23.2 Å². The Balaban J connectivity index is 1.41. The molecule has 36 heavy (non-hydrogen) atoms. The molecule has 3 aromatic rings. The average Bonchev–Trinajstić information content (AvgIpc) is 3.34. The summed E-state index contributed by atoms with van der Waals surface area (Å²) in [6.07, 6.45) is 4.99. The van der Waals surface area contributed by atoms with Crippen LogP contribution in [0, 0.1) is 5.82 Å². The highest BCUT2D eigenvalue weighted by Crippen LogP contribution is 2.38. The largest absolute Gasteiger partial charge is 0.486 e. The molecule has 0 fully saturated rings. The zero-order valence-electron chi connectivity index (χ0n) is 20.3. The summed E-state index contributed by atoms with van der Waals surface area (Å²) in [5, 5.41) is 12.5. The minimum absolute atomic E-state index is 0.113. The van der Waals surface area contributed by atoms with Crippen LogP contribution in [0.5, 0.6) is 5.75 Å². The summed E-state index contributed by atoms with van der Waals surface area (Å²) in [6, 6.07) is 5.77. The van der Waals surface area contributed by atoms with Crippen LogP contribution >= 0.6 is 23.1 Å². The number of hydrogen-bond donors (Lipinski definition) is 1. The number of ether oxygens (including phenoxy) is 2. The topological polar surface area (TPSA) is 95.3 Å². The van der Waals surface area contributed by atoms with Crippen molar-refractivity contribution in [3.05, 3.63) is 51.9 Å². The number of nitrogens with one attached hydrogen (secondary N) is 1. The number of carbonyl (C=O) groups excluding carboxylic acids is 2. The number of thiophene rings is 1. The van der Waals surface area contributed by atoms with Crippen LogP contribution in [0.1, 0.15) is 59.7 Å². The lowest BCUT2D eigenvalue weighted by atomic mass is 10.1. The summed E-state index contributed by atoms with van der Waals surface area (Å²) < 4.78 is 26.0. The van der Waals surface area contributed by atoms with E-state index >= 15 is 0 Å². The first-order valence-corrected chi connectivity index (χ1v) is 13.8. The van der Waals surface area contributed by atoms with E-state index in [1.54, 1.807) is 19.1 Å². The summed E-state index contributed by atoms with van der Waals surface area (Å²) in [5.41, 5.74) is 1.53. The maximum atomic E-state index is 13.1. The Morgan fingerprint density at radius 2 is 1.92 bits per heavy atom. The molecule has 0 saturated heterocycles. The van der Waals surface area contributed by atoms with Crippen molar-refractivity contribution >= 4 is 40.0 Å². The highest BCUT2D eigenvalue weighted by Gasteiger charge is 2.26. The molecule has 1 amide bonds. The van der Waals surface area contributed by atoms with E-state index in [2.05, 4.69) is 15.5 Å². The van der Waals surface area contributed by atoms with Gasteiger partial charge in [-0.1, -0.05) is 18.2 Å². The minimum Gasteiger partial charge on any atom is -0.486 e. The van der Waals surface area contributed by atoms with Crippen LogP contribution in [0.25, 0.3) is 0 Å². The van der Waals surface area contributed by atoms with Crippen molar-refractivity contribution in [3.63, 3.8) is 0 Å². The fourth-order valence-electron chi connectivity index (χ4n) is 4.07. The molecule has 8 nitrogen and oxygen atoms in total. The number of benzene rings is 1. The van der Waals surface area contributed by atoms with Crippen molar-refractivity contribution in [1.29, 1.82) is 0 Å². The average molecular weight is 533 g/mol. The van der Waals surface area contributed by atoms with Gasteiger partial charge in [0.2, 0.25) is 5.91 Å². The Morgan fingerprint density at radius 3 is 2.67 bits per heavy atom. The summed E-state index contributed by atoms with van der Waals surface area (Å²) in [5.74, 6) is 0.317. The van der Waals surface area contributed by atoms with Gasteiger partial charge in [0, 0.05) is 11.4 Å². The van der Waals surface area contributed by atoms with E-state index in [9.17, 15) is 14.0 Å². The molecule has 0 saturated carbocycles. The van der Waals surface area contributed by atoms with E-state index in [0.717, 1.165) is 42.5 Å². The number of halogens is 1. The number of carbonyl (C=O) groups is 2. The normalized spacial score (nSPS) is 13.1. The molecule has 11 heteroatoms. The smallest absolute Gasteiger partial charge is 0.341 e.